The maximum atomic E-state index is 12.1. The quantitative estimate of drug-likeness (QED) is 0.915. The largest absolute Gasteiger partial charge is 0.476 e. The monoisotopic (exact) mass is 344 g/mol. The van der Waals surface area contributed by atoms with E-state index in [1.807, 2.05) is 30.3 Å². The van der Waals surface area contributed by atoms with E-state index in [1.54, 1.807) is 11.8 Å². The van der Waals surface area contributed by atoms with E-state index in [-0.39, 0.29) is 24.3 Å². The zero-order valence-electron chi connectivity index (χ0n) is 14.0. The number of aromatic nitrogens is 1. The molecule has 1 aromatic heterocycles. The maximum absolute atomic E-state index is 12.1. The highest BCUT2D eigenvalue weighted by atomic mass is 16.6. The van der Waals surface area contributed by atoms with Crippen molar-refractivity contribution in [3.63, 3.8) is 0 Å². The number of carbonyl (C=O) groups excluding carboxylic acids is 1. The van der Waals surface area contributed by atoms with E-state index in [0.717, 1.165) is 5.56 Å². The third kappa shape index (κ3) is 3.99. The molecule has 1 N–H and O–H groups in total. The lowest BCUT2D eigenvalue weighted by Crippen LogP contribution is -2.38. The third-order valence-electron chi connectivity index (χ3n) is 4.32. The van der Waals surface area contributed by atoms with Gasteiger partial charge in [-0.25, -0.2) is 14.6 Å². The average Bonchev–Trinajstić information content (AvgIpc) is 3.03. The van der Waals surface area contributed by atoms with Gasteiger partial charge in [0.2, 0.25) is 0 Å². The van der Waals surface area contributed by atoms with Gasteiger partial charge in [0.1, 0.15) is 12.4 Å². The van der Waals surface area contributed by atoms with Crippen LogP contribution in [0.1, 0.15) is 46.5 Å². The maximum Gasteiger partial charge on any atom is 0.410 e. The van der Waals surface area contributed by atoms with Crippen LogP contribution in [0.4, 0.5) is 4.79 Å². The lowest BCUT2D eigenvalue weighted by Gasteiger charge is -2.29. The second kappa shape index (κ2) is 7.38. The zero-order chi connectivity index (χ0) is 17.8. The number of hydrogen-bond acceptors (Lipinski definition) is 5. The summed E-state index contributed by atoms with van der Waals surface area (Å²) in [7, 11) is 0. The molecule has 0 aliphatic carbocycles. The van der Waals surface area contributed by atoms with Crippen LogP contribution in [0, 0.1) is 6.92 Å². The molecule has 7 heteroatoms. The van der Waals surface area contributed by atoms with Gasteiger partial charge in [-0.2, -0.15) is 0 Å². The molecule has 0 unspecified atom stereocenters. The molecule has 2 heterocycles. The second-order valence-corrected chi connectivity index (χ2v) is 6.06. The number of aryl methyl sites for hydroxylation is 1. The van der Waals surface area contributed by atoms with E-state index < -0.39 is 5.97 Å². The summed E-state index contributed by atoms with van der Waals surface area (Å²) in [5.74, 6) is -0.321. The molecule has 0 atom stereocenters. The second-order valence-electron chi connectivity index (χ2n) is 6.06. The van der Waals surface area contributed by atoms with Gasteiger partial charge in [-0.15, -0.1) is 0 Å². The van der Waals surface area contributed by atoms with Crippen LogP contribution >= 0.6 is 0 Å². The molecule has 1 saturated heterocycles. The van der Waals surface area contributed by atoms with Crippen molar-refractivity contribution in [1.82, 2.24) is 9.88 Å². The molecule has 1 aromatic carbocycles. The van der Waals surface area contributed by atoms with Crippen molar-refractivity contribution < 1.29 is 23.8 Å². The fraction of sp³-hybridized carbons (Fsp3) is 0.389. The van der Waals surface area contributed by atoms with Crippen LogP contribution in [0.2, 0.25) is 0 Å². The summed E-state index contributed by atoms with van der Waals surface area (Å²) in [5.41, 5.74) is 0.905. The number of oxazole rings is 1. The number of likely N-dealkylation sites (tertiary alicyclic amines) is 1. The molecule has 25 heavy (non-hydrogen) atoms. The Labute approximate surface area is 145 Å². The van der Waals surface area contributed by atoms with Gasteiger partial charge < -0.3 is 19.2 Å². The molecule has 0 radical (unpaired) electrons. The number of amides is 1. The summed E-state index contributed by atoms with van der Waals surface area (Å²) in [4.78, 5) is 28.9. The smallest absolute Gasteiger partial charge is 0.410 e. The Morgan fingerprint density at radius 3 is 2.56 bits per heavy atom. The van der Waals surface area contributed by atoms with Crippen molar-refractivity contribution in [1.29, 1.82) is 0 Å². The van der Waals surface area contributed by atoms with Crippen LogP contribution in [0.15, 0.2) is 34.7 Å². The number of carboxylic acid groups (broad SMARTS) is 1. The van der Waals surface area contributed by atoms with Gasteiger partial charge in [0.05, 0.1) is 0 Å². The first-order valence-corrected chi connectivity index (χ1v) is 8.21. The minimum absolute atomic E-state index is 0.0185. The normalized spacial score (nSPS) is 15.2. The molecular formula is C18H20N2O5. The fourth-order valence-electron chi connectivity index (χ4n) is 2.91. The predicted molar refractivity (Wildman–Crippen MR) is 88.4 cm³/mol. The molecule has 2 aromatic rings. The Morgan fingerprint density at radius 2 is 1.96 bits per heavy atom. The first kappa shape index (κ1) is 17.0. The van der Waals surface area contributed by atoms with E-state index in [9.17, 15) is 9.59 Å². The van der Waals surface area contributed by atoms with Crippen molar-refractivity contribution in [2.45, 2.75) is 32.3 Å². The van der Waals surface area contributed by atoms with E-state index in [4.69, 9.17) is 14.3 Å². The molecule has 132 valence electrons. The first-order valence-electron chi connectivity index (χ1n) is 8.21. The lowest BCUT2D eigenvalue weighted by atomic mass is 9.97. The predicted octanol–water partition coefficient (Wildman–Crippen LogP) is 3.20. The van der Waals surface area contributed by atoms with Crippen molar-refractivity contribution in [3.8, 4) is 0 Å². The molecule has 0 spiro atoms. The zero-order valence-corrected chi connectivity index (χ0v) is 14.0. The number of hydrogen-bond donors (Lipinski definition) is 1. The van der Waals surface area contributed by atoms with Crippen LogP contribution in [0.25, 0.3) is 0 Å². The lowest BCUT2D eigenvalue weighted by molar-refractivity contribution is 0.0689. The van der Waals surface area contributed by atoms with Crippen LogP contribution in [-0.2, 0) is 11.3 Å². The molecule has 7 nitrogen and oxygen atoms in total. The third-order valence-corrected chi connectivity index (χ3v) is 4.32. The van der Waals surface area contributed by atoms with Crippen LogP contribution in [0.3, 0.4) is 0 Å². The van der Waals surface area contributed by atoms with Crippen molar-refractivity contribution in [3.05, 3.63) is 53.2 Å². The Bertz CT molecular complexity index is 748. The number of carboxylic acids is 1. The molecule has 1 amide bonds. The van der Waals surface area contributed by atoms with Gasteiger partial charge in [-0.1, -0.05) is 30.3 Å². The minimum atomic E-state index is -1.09. The van der Waals surface area contributed by atoms with Crippen LogP contribution in [0.5, 0.6) is 0 Å². The van der Waals surface area contributed by atoms with E-state index >= 15 is 0 Å². The highest BCUT2D eigenvalue weighted by Gasteiger charge is 2.29. The van der Waals surface area contributed by atoms with Crippen molar-refractivity contribution in [2.75, 3.05) is 13.1 Å². The van der Waals surface area contributed by atoms with Gasteiger partial charge in [0.25, 0.3) is 0 Å². The summed E-state index contributed by atoms with van der Waals surface area (Å²) in [6, 6.07) is 9.53. The van der Waals surface area contributed by atoms with E-state index in [0.29, 0.717) is 37.6 Å². The molecule has 1 aliphatic rings. The van der Waals surface area contributed by atoms with Gasteiger partial charge in [0, 0.05) is 19.0 Å². The molecule has 1 fully saturated rings. The van der Waals surface area contributed by atoms with Gasteiger partial charge in [-0.3, -0.25) is 0 Å². The molecule has 3 rings (SSSR count). The number of nitrogens with zero attached hydrogens (tertiary/aromatic N) is 2. The number of rotatable bonds is 4. The summed E-state index contributed by atoms with van der Waals surface area (Å²) in [6.07, 6.45) is 0.996. The van der Waals surface area contributed by atoms with E-state index in [2.05, 4.69) is 4.98 Å². The standard InChI is InChI=1S/C18H20N2O5/c1-12-15(17(21)22)19-16(25-12)14-7-9-20(10-8-14)18(23)24-11-13-5-3-2-4-6-13/h2-6,14H,7-11H2,1H3,(H,21,22). The first-order chi connectivity index (χ1) is 12.0. The summed E-state index contributed by atoms with van der Waals surface area (Å²) in [5, 5.41) is 9.05. The Balaban J connectivity index is 1.52. The van der Waals surface area contributed by atoms with Crippen molar-refractivity contribution >= 4 is 12.1 Å². The molecule has 0 saturated carbocycles. The van der Waals surface area contributed by atoms with Crippen LogP contribution in [-0.4, -0.2) is 40.1 Å². The van der Waals surface area contributed by atoms with Crippen LogP contribution < -0.4 is 0 Å². The van der Waals surface area contributed by atoms with Gasteiger partial charge in [0.15, 0.2) is 11.6 Å². The highest BCUT2D eigenvalue weighted by Crippen LogP contribution is 2.29. The van der Waals surface area contributed by atoms with Crippen molar-refractivity contribution in [2.24, 2.45) is 0 Å². The van der Waals surface area contributed by atoms with Gasteiger partial charge >= 0.3 is 12.1 Å². The summed E-state index contributed by atoms with van der Waals surface area (Å²) < 4.78 is 10.8. The minimum Gasteiger partial charge on any atom is -0.476 e. The Hall–Kier alpha value is -2.83. The number of ether oxygens (including phenoxy) is 1. The fourth-order valence-corrected chi connectivity index (χ4v) is 2.91. The van der Waals surface area contributed by atoms with Gasteiger partial charge in [-0.05, 0) is 25.3 Å². The number of carbonyl (C=O) groups is 2. The number of piperidine rings is 1. The number of benzene rings is 1. The van der Waals surface area contributed by atoms with E-state index in [1.165, 1.54) is 0 Å². The molecule has 0 bridgehead atoms. The molecular weight excluding hydrogens is 324 g/mol. The molecule has 1 aliphatic heterocycles. The average molecular weight is 344 g/mol. The highest BCUT2D eigenvalue weighted by molar-refractivity contribution is 5.86. The Kier molecular flexibility index (Phi) is 5.02. The SMILES string of the molecule is Cc1oc(C2CCN(C(=O)OCc3ccccc3)CC2)nc1C(=O)O. The topological polar surface area (TPSA) is 92.9 Å². The number of aromatic carboxylic acids is 1. The summed E-state index contributed by atoms with van der Waals surface area (Å²) >= 11 is 0. The Morgan fingerprint density at radius 1 is 1.28 bits per heavy atom. The summed E-state index contributed by atoms with van der Waals surface area (Å²) in [6.45, 7) is 2.90.